The molecule has 1 aromatic rings. The van der Waals surface area contributed by atoms with Gasteiger partial charge in [0.2, 0.25) is 0 Å². The van der Waals surface area contributed by atoms with Crippen molar-refractivity contribution < 1.29 is 9.90 Å². The summed E-state index contributed by atoms with van der Waals surface area (Å²) in [6, 6.07) is 3.65. The lowest BCUT2D eigenvalue weighted by Crippen LogP contribution is -2.23. The van der Waals surface area contributed by atoms with Gasteiger partial charge in [-0.15, -0.1) is 0 Å². The molecule has 0 radical (unpaired) electrons. The summed E-state index contributed by atoms with van der Waals surface area (Å²) < 4.78 is 0. The van der Waals surface area contributed by atoms with Crippen molar-refractivity contribution in [1.82, 2.24) is 4.98 Å². The highest BCUT2D eigenvalue weighted by atomic mass is 16.4. The number of aryl methyl sites for hydroxylation is 1. The molecule has 21 heavy (non-hydrogen) atoms. The van der Waals surface area contributed by atoms with Crippen LogP contribution in [0.1, 0.15) is 60.3 Å². The summed E-state index contributed by atoms with van der Waals surface area (Å²) in [7, 11) is 0. The maximum atomic E-state index is 11.1. The number of allylic oxidation sites excluding steroid dienone is 2. The molecule has 0 aliphatic heterocycles. The molecule has 4 rings (SSSR count). The van der Waals surface area contributed by atoms with Crippen LogP contribution >= 0.6 is 0 Å². The third kappa shape index (κ3) is 2.10. The summed E-state index contributed by atoms with van der Waals surface area (Å²) in [5.74, 6) is 1.51. The first-order chi connectivity index (χ1) is 10.2. The van der Waals surface area contributed by atoms with Gasteiger partial charge in [-0.2, -0.15) is 0 Å². The van der Waals surface area contributed by atoms with Gasteiger partial charge in [-0.3, -0.25) is 0 Å². The van der Waals surface area contributed by atoms with Crippen LogP contribution in [0.3, 0.4) is 0 Å². The Bertz CT molecular complexity index is 614. The lowest BCUT2D eigenvalue weighted by atomic mass is 9.73. The minimum atomic E-state index is -0.927. The number of aromatic nitrogens is 1. The molecule has 1 heterocycles. The molecule has 0 bridgehead atoms. The van der Waals surface area contributed by atoms with Crippen molar-refractivity contribution >= 4 is 11.5 Å². The van der Waals surface area contributed by atoms with Crippen LogP contribution in [0.15, 0.2) is 18.2 Å². The van der Waals surface area contributed by atoms with E-state index in [4.69, 9.17) is 5.11 Å². The number of hydrogen-bond acceptors (Lipinski definition) is 2. The molecular weight excluding hydrogens is 262 g/mol. The van der Waals surface area contributed by atoms with Gasteiger partial charge >= 0.3 is 5.97 Å². The zero-order valence-corrected chi connectivity index (χ0v) is 12.2. The fourth-order valence-corrected chi connectivity index (χ4v) is 4.76. The summed E-state index contributed by atoms with van der Waals surface area (Å²) in [5, 5.41) is 9.08. The molecule has 110 valence electrons. The van der Waals surface area contributed by atoms with Gasteiger partial charge in [-0.1, -0.05) is 37.8 Å². The van der Waals surface area contributed by atoms with Gasteiger partial charge in [-0.05, 0) is 54.2 Å². The van der Waals surface area contributed by atoms with Crippen molar-refractivity contribution in [2.45, 2.75) is 44.9 Å². The molecule has 3 heteroatoms. The molecule has 1 saturated carbocycles. The predicted molar refractivity (Wildman–Crippen MR) is 81.0 cm³/mol. The fraction of sp³-hybridized carbons (Fsp3) is 0.556. The van der Waals surface area contributed by atoms with Crippen LogP contribution in [-0.2, 0) is 6.42 Å². The van der Waals surface area contributed by atoms with E-state index in [-0.39, 0.29) is 5.69 Å². The number of carbonyl (C=O) groups is 1. The first-order valence-corrected chi connectivity index (χ1v) is 8.17. The molecule has 0 saturated heterocycles. The van der Waals surface area contributed by atoms with E-state index >= 15 is 0 Å². The Morgan fingerprint density at radius 1 is 1.19 bits per heavy atom. The number of pyridine rings is 1. The van der Waals surface area contributed by atoms with Crippen molar-refractivity contribution in [1.29, 1.82) is 0 Å². The summed E-state index contributed by atoms with van der Waals surface area (Å²) >= 11 is 0. The maximum Gasteiger partial charge on any atom is 0.354 e. The van der Waals surface area contributed by atoms with Gasteiger partial charge in [0.05, 0.1) is 0 Å². The fourth-order valence-electron chi connectivity index (χ4n) is 4.76. The zero-order valence-electron chi connectivity index (χ0n) is 12.2. The number of aromatic carboxylic acids is 1. The Hall–Kier alpha value is -1.64. The van der Waals surface area contributed by atoms with Gasteiger partial charge in [0.25, 0.3) is 0 Å². The van der Waals surface area contributed by atoms with Gasteiger partial charge in [-0.25, -0.2) is 9.78 Å². The van der Waals surface area contributed by atoms with Gasteiger partial charge in [0, 0.05) is 5.69 Å². The number of nitrogens with zero attached hydrogens (tertiary/aromatic N) is 1. The van der Waals surface area contributed by atoms with Crippen LogP contribution in [0, 0.1) is 17.8 Å². The highest BCUT2D eigenvalue weighted by Gasteiger charge is 2.39. The highest BCUT2D eigenvalue weighted by molar-refractivity contribution is 5.86. The molecule has 0 spiro atoms. The molecule has 2 unspecified atom stereocenters. The second-order valence-corrected chi connectivity index (χ2v) is 6.74. The van der Waals surface area contributed by atoms with Crippen LogP contribution in [0.5, 0.6) is 0 Å². The quantitative estimate of drug-likeness (QED) is 0.894. The second kappa shape index (κ2) is 4.97. The van der Waals surface area contributed by atoms with E-state index in [2.05, 4.69) is 11.1 Å². The average molecular weight is 283 g/mol. The van der Waals surface area contributed by atoms with Crippen LogP contribution in [0.2, 0.25) is 0 Å². The number of hydrogen-bond donors (Lipinski definition) is 1. The molecule has 1 fully saturated rings. The lowest BCUT2D eigenvalue weighted by molar-refractivity contribution is 0.0690. The molecular formula is C18H21NO2. The number of rotatable bonds is 2. The van der Waals surface area contributed by atoms with E-state index in [1.165, 1.54) is 43.2 Å². The van der Waals surface area contributed by atoms with E-state index < -0.39 is 5.97 Å². The smallest absolute Gasteiger partial charge is 0.354 e. The monoisotopic (exact) mass is 283 g/mol. The van der Waals surface area contributed by atoms with Crippen molar-refractivity contribution in [3.05, 3.63) is 35.2 Å². The average Bonchev–Trinajstić information content (AvgIpc) is 3.15. The van der Waals surface area contributed by atoms with Gasteiger partial charge in [0.1, 0.15) is 5.69 Å². The van der Waals surface area contributed by atoms with Crippen LogP contribution < -0.4 is 0 Å². The molecule has 1 N–H and O–H groups in total. The van der Waals surface area contributed by atoms with E-state index in [9.17, 15) is 4.79 Å². The highest BCUT2D eigenvalue weighted by Crippen LogP contribution is 2.50. The van der Waals surface area contributed by atoms with Gasteiger partial charge < -0.3 is 5.11 Å². The molecule has 1 aromatic heterocycles. The number of carboxylic acid groups (broad SMARTS) is 1. The van der Waals surface area contributed by atoms with Crippen LogP contribution in [-0.4, -0.2) is 16.1 Å². The molecule has 3 nitrogen and oxygen atoms in total. The summed E-state index contributed by atoms with van der Waals surface area (Å²) in [6.07, 6.45) is 11.3. The Labute approximate surface area is 125 Å². The normalized spacial score (nSPS) is 28.1. The largest absolute Gasteiger partial charge is 0.477 e. The number of carboxylic acids is 1. The Kier molecular flexibility index (Phi) is 3.09. The van der Waals surface area contributed by atoms with Crippen molar-refractivity contribution in [2.24, 2.45) is 17.8 Å². The predicted octanol–water partition coefficient (Wildman–Crippen LogP) is 3.94. The molecule has 3 aliphatic rings. The van der Waals surface area contributed by atoms with Crippen molar-refractivity contribution in [2.75, 3.05) is 0 Å². The third-order valence-corrected chi connectivity index (χ3v) is 5.73. The van der Waals surface area contributed by atoms with E-state index in [1.807, 2.05) is 6.07 Å². The Morgan fingerprint density at radius 2 is 2.00 bits per heavy atom. The summed E-state index contributed by atoms with van der Waals surface area (Å²) in [6.45, 7) is 0. The van der Waals surface area contributed by atoms with Gasteiger partial charge in [0.15, 0.2) is 0 Å². The minimum absolute atomic E-state index is 0.179. The number of fused-ring (bicyclic) bond motifs is 3. The Morgan fingerprint density at radius 3 is 2.76 bits per heavy atom. The molecule has 0 aromatic carbocycles. The Balaban J connectivity index is 1.64. The van der Waals surface area contributed by atoms with E-state index in [0.717, 1.165) is 30.4 Å². The molecule has 3 aliphatic carbocycles. The minimum Gasteiger partial charge on any atom is -0.477 e. The topological polar surface area (TPSA) is 50.2 Å². The van der Waals surface area contributed by atoms with Crippen LogP contribution in [0.25, 0.3) is 5.57 Å². The van der Waals surface area contributed by atoms with E-state index in [1.54, 1.807) is 6.07 Å². The first-order valence-electron chi connectivity index (χ1n) is 8.17. The van der Waals surface area contributed by atoms with E-state index in [0.29, 0.717) is 5.92 Å². The molecule has 0 amide bonds. The SMILES string of the molecule is O=C(O)c1ccc2c(n1)CCC1C2=CCC1C1CCCC1. The van der Waals surface area contributed by atoms with Crippen molar-refractivity contribution in [3.63, 3.8) is 0 Å². The van der Waals surface area contributed by atoms with Crippen LogP contribution in [0.4, 0.5) is 0 Å². The third-order valence-electron chi connectivity index (χ3n) is 5.73. The molecule has 2 atom stereocenters. The lowest BCUT2D eigenvalue weighted by Gasteiger charge is -2.31. The maximum absolute atomic E-state index is 11.1. The summed E-state index contributed by atoms with van der Waals surface area (Å²) in [4.78, 5) is 15.4. The van der Waals surface area contributed by atoms with Crippen molar-refractivity contribution in [3.8, 4) is 0 Å². The standard InChI is InChI=1S/C18H21NO2/c20-18(21)17-10-8-15-14-6-5-12(11-3-1-2-4-11)13(14)7-9-16(15)19-17/h6,8,10-13H,1-5,7,9H2,(H,20,21). The first kappa shape index (κ1) is 13.1. The summed E-state index contributed by atoms with van der Waals surface area (Å²) in [5.41, 5.74) is 3.84. The second-order valence-electron chi connectivity index (χ2n) is 6.74. The zero-order chi connectivity index (χ0) is 14.4.